The lowest BCUT2D eigenvalue weighted by Crippen LogP contribution is -2.09. The first kappa shape index (κ1) is 8.31. The Balaban J connectivity index is 2.65. The second-order valence-electron chi connectivity index (χ2n) is 4.22. The third kappa shape index (κ3) is 2.74. The highest BCUT2D eigenvalue weighted by atomic mass is 15.2. The summed E-state index contributed by atoms with van der Waals surface area (Å²) in [6.45, 7) is 6.67. The number of nitrogens with zero attached hydrogens (tertiary/aromatic N) is 2. The number of hydrogen-bond donors (Lipinski definition) is 0. The smallest absolute Gasteiger partial charge is 0.0629 e. The average Bonchev–Trinajstić information content (AvgIpc) is 2.10. The molecule has 1 aromatic rings. The molecule has 1 heterocycles. The van der Waals surface area contributed by atoms with Crippen LogP contribution in [0.25, 0.3) is 0 Å². The minimum atomic E-state index is 0.342. The van der Waals surface area contributed by atoms with Crippen molar-refractivity contribution < 1.29 is 0 Å². The molecule has 0 unspecified atom stereocenters. The monoisotopic (exact) mass is 152 g/mol. The van der Waals surface area contributed by atoms with Gasteiger partial charge in [0.05, 0.1) is 5.69 Å². The Hall–Kier alpha value is -0.790. The molecule has 2 nitrogen and oxygen atoms in total. The quantitative estimate of drug-likeness (QED) is 0.602. The molecule has 0 amide bonds. The SMILES string of the molecule is Cn1ccc(CC(C)(C)C)n1. The topological polar surface area (TPSA) is 17.8 Å². The molecule has 0 saturated carbocycles. The van der Waals surface area contributed by atoms with Gasteiger partial charge in [0.2, 0.25) is 0 Å². The van der Waals surface area contributed by atoms with Crippen molar-refractivity contribution in [3.63, 3.8) is 0 Å². The van der Waals surface area contributed by atoms with E-state index >= 15 is 0 Å². The summed E-state index contributed by atoms with van der Waals surface area (Å²) in [6, 6.07) is 2.07. The van der Waals surface area contributed by atoms with Crippen molar-refractivity contribution in [1.29, 1.82) is 0 Å². The fourth-order valence-electron chi connectivity index (χ4n) is 1.10. The fourth-order valence-corrected chi connectivity index (χ4v) is 1.10. The number of aryl methyl sites for hydroxylation is 1. The second-order valence-corrected chi connectivity index (χ2v) is 4.22. The Morgan fingerprint density at radius 3 is 2.45 bits per heavy atom. The van der Waals surface area contributed by atoms with Gasteiger partial charge in [-0.1, -0.05) is 20.8 Å². The van der Waals surface area contributed by atoms with Crippen LogP contribution in [0.2, 0.25) is 0 Å². The largest absolute Gasteiger partial charge is 0.276 e. The highest BCUT2D eigenvalue weighted by Crippen LogP contribution is 2.18. The molecule has 0 aliphatic carbocycles. The maximum atomic E-state index is 4.31. The first-order chi connectivity index (χ1) is 4.97. The normalized spacial score (nSPS) is 12.0. The Kier molecular flexibility index (Phi) is 2.03. The third-order valence-corrected chi connectivity index (χ3v) is 1.48. The van der Waals surface area contributed by atoms with E-state index in [9.17, 15) is 0 Å². The van der Waals surface area contributed by atoms with Crippen LogP contribution in [-0.2, 0) is 13.5 Å². The molecule has 0 N–H and O–H groups in total. The van der Waals surface area contributed by atoms with Gasteiger partial charge < -0.3 is 0 Å². The summed E-state index contributed by atoms with van der Waals surface area (Å²) in [6.07, 6.45) is 3.04. The van der Waals surface area contributed by atoms with Gasteiger partial charge in [-0.2, -0.15) is 5.10 Å². The number of rotatable bonds is 1. The lowest BCUT2D eigenvalue weighted by molar-refractivity contribution is 0.404. The summed E-state index contributed by atoms with van der Waals surface area (Å²) >= 11 is 0. The summed E-state index contributed by atoms with van der Waals surface area (Å²) in [4.78, 5) is 0. The zero-order valence-electron chi connectivity index (χ0n) is 7.76. The van der Waals surface area contributed by atoms with Gasteiger partial charge in [-0.3, -0.25) is 4.68 Å². The molecule has 62 valence electrons. The predicted molar refractivity (Wildman–Crippen MR) is 46.4 cm³/mol. The van der Waals surface area contributed by atoms with Gasteiger partial charge in [-0.25, -0.2) is 0 Å². The summed E-state index contributed by atoms with van der Waals surface area (Å²) in [5, 5.41) is 4.31. The molecule has 0 spiro atoms. The summed E-state index contributed by atoms with van der Waals surface area (Å²) < 4.78 is 1.85. The van der Waals surface area contributed by atoms with Crippen LogP contribution in [0.5, 0.6) is 0 Å². The van der Waals surface area contributed by atoms with Gasteiger partial charge in [0.15, 0.2) is 0 Å². The molecule has 0 aromatic carbocycles. The van der Waals surface area contributed by atoms with E-state index in [1.807, 2.05) is 17.9 Å². The summed E-state index contributed by atoms with van der Waals surface area (Å²) in [5.41, 5.74) is 1.52. The van der Waals surface area contributed by atoms with Crippen molar-refractivity contribution >= 4 is 0 Å². The minimum Gasteiger partial charge on any atom is -0.276 e. The van der Waals surface area contributed by atoms with Crippen LogP contribution in [0.4, 0.5) is 0 Å². The highest BCUT2D eigenvalue weighted by molar-refractivity contribution is 5.00. The lowest BCUT2D eigenvalue weighted by atomic mass is 9.91. The molecular formula is C9H16N2. The van der Waals surface area contributed by atoms with Crippen molar-refractivity contribution in [1.82, 2.24) is 9.78 Å². The van der Waals surface area contributed by atoms with Crippen molar-refractivity contribution in [2.75, 3.05) is 0 Å². The molecule has 0 aliphatic rings. The predicted octanol–water partition coefficient (Wildman–Crippen LogP) is 2.01. The maximum absolute atomic E-state index is 4.31. The van der Waals surface area contributed by atoms with Crippen LogP contribution in [0.1, 0.15) is 26.5 Å². The molecule has 0 radical (unpaired) electrons. The van der Waals surface area contributed by atoms with Crippen LogP contribution in [-0.4, -0.2) is 9.78 Å². The molecule has 0 atom stereocenters. The van der Waals surface area contributed by atoms with Crippen LogP contribution in [0.3, 0.4) is 0 Å². The van der Waals surface area contributed by atoms with E-state index in [0.717, 1.165) is 6.42 Å². The van der Waals surface area contributed by atoms with Gasteiger partial charge in [0, 0.05) is 13.2 Å². The maximum Gasteiger partial charge on any atom is 0.0629 e. The van der Waals surface area contributed by atoms with Crippen molar-refractivity contribution in [3.8, 4) is 0 Å². The molecule has 0 bridgehead atoms. The van der Waals surface area contributed by atoms with E-state index < -0.39 is 0 Å². The minimum absolute atomic E-state index is 0.342. The van der Waals surface area contributed by atoms with Crippen LogP contribution in [0, 0.1) is 5.41 Å². The molecule has 11 heavy (non-hydrogen) atoms. The van der Waals surface area contributed by atoms with Crippen molar-refractivity contribution in [2.24, 2.45) is 12.5 Å². The molecule has 1 aromatic heterocycles. The van der Waals surface area contributed by atoms with E-state index in [4.69, 9.17) is 0 Å². The van der Waals surface area contributed by atoms with Gasteiger partial charge in [0.25, 0.3) is 0 Å². The van der Waals surface area contributed by atoms with Gasteiger partial charge in [-0.05, 0) is 17.9 Å². The Labute approximate surface area is 68.2 Å². The Bertz CT molecular complexity index is 230. The van der Waals surface area contributed by atoms with Crippen LogP contribution >= 0.6 is 0 Å². The van der Waals surface area contributed by atoms with E-state index in [0.29, 0.717) is 5.41 Å². The van der Waals surface area contributed by atoms with E-state index in [1.165, 1.54) is 5.69 Å². The first-order valence-corrected chi connectivity index (χ1v) is 3.96. The van der Waals surface area contributed by atoms with Crippen LogP contribution < -0.4 is 0 Å². The lowest BCUT2D eigenvalue weighted by Gasteiger charge is -2.15. The second kappa shape index (κ2) is 2.68. The Morgan fingerprint density at radius 2 is 2.09 bits per heavy atom. The van der Waals surface area contributed by atoms with Gasteiger partial charge in [-0.15, -0.1) is 0 Å². The first-order valence-electron chi connectivity index (χ1n) is 3.96. The molecule has 0 aliphatic heterocycles. The van der Waals surface area contributed by atoms with E-state index in [1.54, 1.807) is 0 Å². The third-order valence-electron chi connectivity index (χ3n) is 1.48. The average molecular weight is 152 g/mol. The standard InChI is InChI=1S/C9H16N2/c1-9(2,3)7-8-5-6-11(4)10-8/h5-6H,7H2,1-4H3. The van der Waals surface area contributed by atoms with Gasteiger partial charge in [0.1, 0.15) is 0 Å². The fraction of sp³-hybridized carbons (Fsp3) is 0.667. The van der Waals surface area contributed by atoms with Crippen molar-refractivity contribution in [2.45, 2.75) is 27.2 Å². The van der Waals surface area contributed by atoms with Crippen LogP contribution in [0.15, 0.2) is 12.3 Å². The van der Waals surface area contributed by atoms with E-state index in [-0.39, 0.29) is 0 Å². The highest BCUT2D eigenvalue weighted by Gasteiger charge is 2.12. The summed E-state index contributed by atoms with van der Waals surface area (Å²) in [7, 11) is 1.95. The molecule has 0 fully saturated rings. The molecule has 0 saturated heterocycles. The molecule has 1 rings (SSSR count). The zero-order chi connectivity index (χ0) is 8.48. The molecule has 2 heteroatoms. The number of hydrogen-bond acceptors (Lipinski definition) is 1. The summed E-state index contributed by atoms with van der Waals surface area (Å²) in [5.74, 6) is 0. The van der Waals surface area contributed by atoms with E-state index in [2.05, 4.69) is 31.9 Å². The van der Waals surface area contributed by atoms with Crippen molar-refractivity contribution in [3.05, 3.63) is 18.0 Å². The molecular weight excluding hydrogens is 136 g/mol. The van der Waals surface area contributed by atoms with Gasteiger partial charge >= 0.3 is 0 Å². The number of aromatic nitrogens is 2. The Morgan fingerprint density at radius 1 is 1.45 bits per heavy atom. The zero-order valence-corrected chi connectivity index (χ0v) is 7.76.